The Labute approximate surface area is 241 Å². The number of carbonyl (C=O) groups is 3. The van der Waals surface area contributed by atoms with Crippen LogP contribution in [0.4, 0.5) is 5.69 Å². The lowest BCUT2D eigenvalue weighted by atomic mass is 9.71. The number of rotatable bonds is 12. The van der Waals surface area contributed by atoms with E-state index in [1.165, 1.54) is 4.90 Å². The highest BCUT2D eigenvalue weighted by Gasteiger charge is 2.76. The Morgan fingerprint density at radius 2 is 2.03 bits per heavy atom. The largest absolute Gasteiger partial charge is 0.465 e. The maximum Gasteiger partial charge on any atom is 0.310 e. The number of hydrogen-bond donors (Lipinski definition) is 1. The van der Waals surface area contributed by atoms with Crippen molar-refractivity contribution in [2.75, 3.05) is 24.7 Å². The molecule has 0 aliphatic carbocycles. The second-order valence-corrected chi connectivity index (χ2v) is 13.3. The lowest BCUT2D eigenvalue weighted by Crippen LogP contribution is -2.57. The Morgan fingerprint density at radius 1 is 1.32 bits per heavy atom. The highest BCUT2D eigenvalue weighted by molar-refractivity contribution is 9.09. The van der Waals surface area contributed by atoms with Gasteiger partial charge in [0.15, 0.2) is 0 Å². The van der Waals surface area contributed by atoms with E-state index in [0.717, 1.165) is 19.3 Å². The maximum absolute atomic E-state index is 14.4. The van der Waals surface area contributed by atoms with Crippen LogP contribution in [0.25, 0.3) is 0 Å². The summed E-state index contributed by atoms with van der Waals surface area (Å²) in [5.74, 6) is -2.31. The van der Waals surface area contributed by atoms with Crippen LogP contribution < -0.4 is 4.90 Å². The van der Waals surface area contributed by atoms with Gasteiger partial charge in [0, 0.05) is 27.3 Å². The minimum absolute atomic E-state index is 0.0575. The van der Waals surface area contributed by atoms with E-state index in [1.54, 1.807) is 53.9 Å². The van der Waals surface area contributed by atoms with Gasteiger partial charge in [-0.05, 0) is 56.9 Å². The molecule has 3 heterocycles. The van der Waals surface area contributed by atoms with E-state index < -0.39 is 34.6 Å². The fourth-order valence-electron chi connectivity index (χ4n) is 6.06. The molecule has 3 unspecified atom stereocenters. The number of esters is 1. The summed E-state index contributed by atoms with van der Waals surface area (Å²) >= 11 is 11.4. The zero-order valence-electron chi connectivity index (χ0n) is 21.4. The summed E-state index contributed by atoms with van der Waals surface area (Å²) in [6.45, 7) is 9.48. The summed E-state index contributed by atoms with van der Waals surface area (Å²) in [5, 5.41) is 10.4. The van der Waals surface area contributed by atoms with E-state index in [1.807, 2.05) is 6.08 Å². The molecule has 2 bridgehead atoms. The third-order valence-corrected chi connectivity index (χ3v) is 11.2. The number of alkyl halides is 1. The maximum atomic E-state index is 14.4. The number of allylic oxidation sites excluding steroid dienone is 1. The van der Waals surface area contributed by atoms with Crippen molar-refractivity contribution in [2.24, 2.45) is 11.8 Å². The van der Waals surface area contributed by atoms with Crippen LogP contribution in [-0.4, -0.2) is 74.5 Å². The average Bonchev–Trinajstić information content (AvgIpc) is 3.50. The van der Waals surface area contributed by atoms with Gasteiger partial charge in [-0.2, -0.15) is 0 Å². The predicted octanol–water partition coefficient (Wildman–Crippen LogP) is 4.60. The van der Waals surface area contributed by atoms with E-state index in [4.69, 9.17) is 16.3 Å². The van der Waals surface area contributed by atoms with Crippen molar-refractivity contribution in [1.29, 1.82) is 0 Å². The standard InChI is InChI=1S/C28H34BrClN2O5S/c1-4-6-7-8-14-37-27(36)21-22-25(34)32(17(3)16-33)24(28(22)15-20(29)23(21)38-28)26(35)31(13-5-2)19-11-9-18(30)10-12-19/h4-5,9-12,17,20-24,33H,1-2,6-8,13-16H2,3H3/t17-,20?,21-,22+,23-,24?,28?/m1/s1. The van der Waals surface area contributed by atoms with Gasteiger partial charge < -0.3 is 19.6 Å². The fraction of sp³-hybridized carbons (Fsp3) is 0.536. The van der Waals surface area contributed by atoms with E-state index in [9.17, 15) is 19.5 Å². The van der Waals surface area contributed by atoms with Gasteiger partial charge in [-0.3, -0.25) is 14.4 Å². The molecule has 7 nitrogen and oxygen atoms in total. The van der Waals surface area contributed by atoms with Gasteiger partial charge in [0.1, 0.15) is 6.04 Å². The van der Waals surface area contributed by atoms with Gasteiger partial charge in [0.05, 0.1) is 35.8 Å². The zero-order valence-corrected chi connectivity index (χ0v) is 24.6. The number of benzene rings is 1. The molecule has 0 saturated carbocycles. The molecule has 206 valence electrons. The number of ether oxygens (including phenoxy) is 1. The Bertz CT molecular complexity index is 1090. The van der Waals surface area contributed by atoms with Gasteiger partial charge in [-0.25, -0.2) is 0 Å². The van der Waals surface area contributed by atoms with Crippen molar-refractivity contribution in [1.82, 2.24) is 4.90 Å². The molecule has 0 aromatic heterocycles. The molecule has 3 aliphatic heterocycles. The number of nitrogens with zero attached hydrogens (tertiary/aromatic N) is 2. The minimum Gasteiger partial charge on any atom is -0.465 e. The molecular weight excluding hydrogens is 592 g/mol. The van der Waals surface area contributed by atoms with Crippen molar-refractivity contribution in [2.45, 2.75) is 59.5 Å². The number of carbonyl (C=O) groups excluding carboxylic acids is 3. The SMILES string of the molecule is C=CCCCCOC(=O)[C@H]1[C@@H]2SC3(CC2Br)C(C(=O)N(CC=C)c2ccc(Cl)cc2)N([C@H](C)CO)C(=O)[C@H]13. The smallest absolute Gasteiger partial charge is 0.310 e. The van der Waals surface area contributed by atoms with Gasteiger partial charge >= 0.3 is 5.97 Å². The van der Waals surface area contributed by atoms with Crippen LogP contribution in [0.3, 0.4) is 0 Å². The molecule has 10 heteroatoms. The van der Waals surface area contributed by atoms with Crippen molar-refractivity contribution < 1.29 is 24.2 Å². The number of aliphatic hydroxyl groups is 1. The second kappa shape index (κ2) is 12.1. The molecule has 1 spiro atoms. The van der Waals surface area contributed by atoms with E-state index in [0.29, 0.717) is 17.1 Å². The molecule has 1 N–H and O–H groups in total. The number of halogens is 2. The first-order valence-corrected chi connectivity index (χ1v) is 15.1. The molecule has 1 aromatic rings. The highest BCUT2D eigenvalue weighted by atomic mass is 79.9. The molecule has 1 aromatic carbocycles. The summed E-state index contributed by atoms with van der Waals surface area (Å²) in [7, 11) is 0. The van der Waals surface area contributed by atoms with Gasteiger partial charge in [-0.1, -0.05) is 39.7 Å². The first-order chi connectivity index (χ1) is 18.2. The van der Waals surface area contributed by atoms with Crippen molar-refractivity contribution in [3.8, 4) is 0 Å². The first kappa shape index (κ1) is 29.2. The van der Waals surface area contributed by atoms with Crippen LogP contribution in [0, 0.1) is 11.8 Å². The molecule has 3 aliphatic rings. The van der Waals surface area contributed by atoms with Crippen LogP contribution in [0.15, 0.2) is 49.6 Å². The normalized spacial score (nSPS) is 30.2. The van der Waals surface area contributed by atoms with Gasteiger partial charge in [0.2, 0.25) is 5.91 Å². The molecule has 4 rings (SSSR count). The molecule has 2 amide bonds. The third-order valence-electron chi connectivity index (χ3n) is 7.74. The predicted molar refractivity (Wildman–Crippen MR) is 155 cm³/mol. The van der Waals surface area contributed by atoms with E-state index in [-0.39, 0.29) is 41.6 Å². The molecule has 0 radical (unpaired) electrons. The van der Waals surface area contributed by atoms with Crippen LogP contribution in [0.2, 0.25) is 5.02 Å². The zero-order chi connectivity index (χ0) is 27.6. The topological polar surface area (TPSA) is 87.2 Å². The van der Waals surface area contributed by atoms with Crippen molar-refractivity contribution in [3.05, 3.63) is 54.6 Å². The van der Waals surface area contributed by atoms with Gasteiger partial charge in [0.25, 0.3) is 5.91 Å². The van der Waals surface area contributed by atoms with Crippen LogP contribution >= 0.6 is 39.3 Å². The average molecular weight is 626 g/mol. The number of aliphatic hydroxyl groups excluding tert-OH is 1. The summed E-state index contributed by atoms with van der Waals surface area (Å²) in [6.07, 6.45) is 6.45. The number of unbranched alkanes of at least 4 members (excludes halogenated alkanes) is 2. The van der Waals surface area contributed by atoms with Crippen LogP contribution in [0.1, 0.15) is 32.6 Å². The molecule has 3 saturated heterocycles. The lowest BCUT2D eigenvalue weighted by Gasteiger charge is -2.39. The quantitative estimate of drug-likeness (QED) is 0.158. The number of anilines is 1. The molecule has 38 heavy (non-hydrogen) atoms. The number of amides is 2. The minimum atomic E-state index is -0.863. The summed E-state index contributed by atoms with van der Waals surface area (Å²) < 4.78 is 4.84. The number of hydrogen-bond acceptors (Lipinski definition) is 6. The van der Waals surface area contributed by atoms with Crippen LogP contribution in [-0.2, 0) is 19.1 Å². The van der Waals surface area contributed by atoms with Crippen LogP contribution in [0.5, 0.6) is 0 Å². The summed E-state index contributed by atoms with van der Waals surface area (Å²) in [6, 6.07) is 5.47. The highest BCUT2D eigenvalue weighted by Crippen LogP contribution is 2.68. The monoisotopic (exact) mass is 624 g/mol. The third kappa shape index (κ3) is 5.07. The second-order valence-electron chi connectivity index (χ2n) is 10.1. The summed E-state index contributed by atoms with van der Waals surface area (Å²) in [4.78, 5) is 44.9. The Hall–Kier alpha value is -1.81. The first-order valence-electron chi connectivity index (χ1n) is 12.9. The summed E-state index contributed by atoms with van der Waals surface area (Å²) in [5.41, 5.74) is 0.631. The number of fused-ring (bicyclic) bond motifs is 1. The molecule has 3 fully saturated rings. The van der Waals surface area contributed by atoms with E-state index in [2.05, 4.69) is 29.1 Å². The molecule has 7 atom stereocenters. The fourth-order valence-corrected chi connectivity index (χ4v) is 9.77. The van der Waals surface area contributed by atoms with Crippen molar-refractivity contribution >= 4 is 62.8 Å². The Kier molecular flexibility index (Phi) is 9.33. The molecular formula is C28H34BrClN2O5S. The van der Waals surface area contributed by atoms with E-state index >= 15 is 0 Å². The Balaban J connectivity index is 1.70. The lowest BCUT2D eigenvalue weighted by molar-refractivity contribution is -0.154. The Morgan fingerprint density at radius 3 is 2.66 bits per heavy atom. The number of likely N-dealkylation sites (tertiary alicyclic amines) is 1. The van der Waals surface area contributed by atoms with Gasteiger partial charge in [-0.15, -0.1) is 24.9 Å². The van der Waals surface area contributed by atoms with Crippen molar-refractivity contribution in [3.63, 3.8) is 0 Å². The number of thioether (sulfide) groups is 1.